The highest BCUT2D eigenvalue weighted by atomic mass is 127. The predicted octanol–water partition coefficient (Wildman–Crippen LogP) is 3.40. The zero-order valence-electron chi connectivity index (χ0n) is 19.1. The van der Waals surface area contributed by atoms with Crippen LogP contribution in [0.4, 0.5) is 0 Å². The molecule has 1 aliphatic rings. The van der Waals surface area contributed by atoms with Gasteiger partial charge >= 0.3 is 0 Å². The Morgan fingerprint density at radius 3 is 2.58 bits per heavy atom. The van der Waals surface area contributed by atoms with Crippen LogP contribution in [0.1, 0.15) is 30.0 Å². The Morgan fingerprint density at radius 2 is 1.91 bits per heavy atom. The summed E-state index contributed by atoms with van der Waals surface area (Å²) >= 11 is 0. The second kappa shape index (κ2) is 12.5. The van der Waals surface area contributed by atoms with E-state index in [1.165, 1.54) is 18.4 Å². The molecule has 0 spiro atoms. The Kier molecular flexibility index (Phi) is 9.49. The van der Waals surface area contributed by atoms with Crippen LogP contribution in [0.25, 0.3) is 5.82 Å². The molecule has 0 saturated carbocycles. The van der Waals surface area contributed by atoms with E-state index < -0.39 is 0 Å². The van der Waals surface area contributed by atoms with E-state index in [4.69, 9.17) is 4.74 Å². The molecular formula is C24H32IN7O. The van der Waals surface area contributed by atoms with Gasteiger partial charge in [-0.1, -0.05) is 12.1 Å². The number of benzene rings is 1. The fourth-order valence-corrected chi connectivity index (χ4v) is 4.04. The molecule has 2 aromatic heterocycles. The quantitative estimate of drug-likeness (QED) is 0.250. The third kappa shape index (κ3) is 6.67. The van der Waals surface area contributed by atoms with Crippen molar-refractivity contribution in [2.75, 3.05) is 33.8 Å². The first-order valence-corrected chi connectivity index (χ1v) is 11.0. The number of hydrogen-bond donors (Lipinski definition) is 2. The van der Waals surface area contributed by atoms with Crippen LogP contribution in [0.5, 0.6) is 5.75 Å². The molecule has 0 radical (unpaired) electrons. The largest absolute Gasteiger partial charge is 0.497 e. The maximum absolute atomic E-state index is 5.33. The average molecular weight is 561 g/mol. The van der Waals surface area contributed by atoms with Crippen LogP contribution in [-0.4, -0.2) is 59.2 Å². The van der Waals surface area contributed by atoms with Gasteiger partial charge in [-0.05, 0) is 61.3 Å². The van der Waals surface area contributed by atoms with E-state index in [1.807, 2.05) is 41.2 Å². The average Bonchev–Trinajstić information content (AvgIpc) is 3.57. The summed E-state index contributed by atoms with van der Waals surface area (Å²) in [7, 11) is 3.50. The molecule has 1 saturated heterocycles. The molecule has 0 amide bonds. The maximum Gasteiger partial charge on any atom is 0.191 e. The zero-order valence-corrected chi connectivity index (χ0v) is 21.5. The minimum absolute atomic E-state index is 0. The number of methoxy groups -OCH3 is 1. The highest BCUT2D eigenvalue weighted by Gasteiger charge is 2.23. The summed E-state index contributed by atoms with van der Waals surface area (Å²) < 4.78 is 7.22. The predicted molar refractivity (Wildman–Crippen MR) is 142 cm³/mol. The molecule has 1 fully saturated rings. The number of ether oxygens (including phenoxy) is 1. The lowest BCUT2D eigenvalue weighted by atomic mass is 10.1. The monoisotopic (exact) mass is 561 g/mol. The Balaban J connectivity index is 0.00000306. The van der Waals surface area contributed by atoms with Gasteiger partial charge in [-0.15, -0.1) is 24.0 Å². The number of nitrogens with zero attached hydrogens (tertiary/aromatic N) is 5. The number of aromatic nitrogens is 3. The SMILES string of the molecule is CN=C(NCc1ccnc(-n2ccnc2)c1)NCC(c1ccc(OC)cc1)N1CCCC1.I. The number of pyridine rings is 1. The molecular weight excluding hydrogens is 529 g/mol. The minimum atomic E-state index is 0. The number of rotatable bonds is 8. The van der Waals surface area contributed by atoms with Gasteiger partial charge in [-0.25, -0.2) is 9.97 Å². The zero-order chi connectivity index (χ0) is 22.2. The van der Waals surface area contributed by atoms with Gasteiger partial charge in [-0.2, -0.15) is 0 Å². The number of guanidine groups is 1. The third-order valence-electron chi connectivity index (χ3n) is 5.81. The summed E-state index contributed by atoms with van der Waals surface area (Å²) in [5, 5.41) is 6.94. The first-order chi connectivity index (χ1) is 15.8. The van der Waals surface area contributed by atoms with E-state index >= 15 is 0 Å². The summed E-state index contributed by atoms with van der Waals surface area (Å²) in [6, 6.07) is 12.7. The van der Waals surface area contributed by atoms with Gasteiger partial charge in [0, 0.05) is 38.7 Å². The molecule has 33 heavy (non-hydrogen) atoms. The summed E-state index contributed by atoms with van der Waals surface area (Å²) in [6.45, 7) is 3.68. The number of nitrogens with one attached hydrogen (secondary N) is 2. The van der Waals surface area contributed by atoms with Gasteiger partial charge in [0.1, 0.15) is 17.9 Å². The van der Waals surface area contributed by atoms with Crippen molar-refractivity contribution in [1.29, 1.82) is 0 Å². The second-order valence-electron chi connectivity index (χ2n) is 7.83. The van der Waals surface area contributed by atoms with Gasteiger partial charge in [0.05, 0.1) is 13.2 Å². The minimum Gasteiger partial charge on any atom is -0.497 e. The Labute approximate surface area is 212 Å². The lowest BCUT2D eigenvalue weighted by molar-refractivity contribution is 0.245. The lowest BCUT2D eigenvalue weighted by Crippen LogP contribution is -2.42. The van der Waals surface area contributed by atoms with Gasteiger partial charge in [-0.3, -0.25) is 14.5 Å². The van der Waals surface area contributed by atoms with Crippen molar-refractivity contribution in [3.05, 3.63) is 72.4 Å². The van der Waals surface area contributed by atoms with Crippen molar-refractivity contribution in [1.82, 2.24) is 30.1 Å². The van der Waals surface area contributed by atoms with Gasteiger partial charge < -0.3 is 15.4 Å². The highest BCUT2D eigenvalue weighted by molar-refractivity contribution is 14.0. The van der Waals surface area contributed by atoms with Gasteiger partial charge in [0.2, 0.25) is 0 Å². The molecule has 0 aliphatic carbocycles. The third-order valence-corrected chi connectivity index (χ3v) is 5.81. The summed E-state index contributed by atoms with van der Waals surface area (Å²) in [5.41, 5.74) is 2.41. The van der Waals surface area contributed by atoms with Crippen LogP contribution in [0.2, 0.25) is 0 Å². The summed E-state index contributed by atoms with van der Waals surface area (Å²) in [5.74, 6) is 2.51. The van der Waals surface area contributed by atoms with Crippen LogP contribution in [0, 0.1) is 0 Å². The highest BCUT2D eigenvalue weighted by Crippen LogP contribution is 2.26. The molecule has 176 valence electrons. The Hall–Kier alpha value is -2.66. The molecule has 8 nitrogen and oxygen atoms in total. The van der Waals surface area contributed by atoms with E-state index in [9.17, 15) is 0 Å². The fraction of sp³-hybridized carbons (Fsp3) is 0.375. The second-order valence-corrected chi connectivity index (χ2v) is 7.83. The van der Waals surface area contributed by atoms with E-state index in [2.05, 4.69) is 42.6 Å². The van der Waals surface area contributed by atoms with Crippen molar-refractivity contribution in [3.63, 3.8) is 0 Å². The van der Waals surface area contributed by atoms with Crippen molar-refractivity contribution in [3.8, 4) is 11.6 Å². The Morgan fingerprint density at radius 1 is 1.12 bits per heavy atom. The summed E-state index contributed by atoms with van der Waals surface area (Å²) in [6.07, 6.45) is 9.70. The first-order valence-electron chi connectivity index (χ1n) is 11.0. The molecule has 0 bridgehead atoms. The number of likely N-dealkylation sites (tertiary alicyclic amines) is 1. The van der Waals surface area contributed by atoms with Crippen LogP contribution >= 0.6 is 24.0 Å². The molecule has 3 heterocycles. The smallest absolute Gasteiger partial charge is 0.191 e. The molecule has 1 atom stereocenters. The molecule has 4 rings (SSSR count). The van der Waals surface area contributed by atoms with E-state index in [1.54, 1.807) is 26.7 Å². The van der Waals surface area contributed by atoms with Crippen LogP contribution in [0.3, 0.4) is 0 Å². The topological polar surface area (TPSA) is 79.6 Å². The molecule has 2 N–H and O–H groups in total. The molecule has 1 aliphatic heterocycles. The number of hydrogen-bond acceptors (Lipinski definition) is 5. The van der Waals surface area contributed by atoms with Crippen LogP contribution in [-0.2, 0) is 6.54 Å². The Bertz CT molecular complexity index is 1000. The van der Waals surface area contributed by atoms with Crippen molar-refractivity contribution >= 4 is 29.9 Å². The summed E-state index contributed by atoms with van der Waals surface area (Å²) in [4.78, 5) is 15.5. The van der Waals surface area contributed by atoms with E-state index in [-0.39, 0.29) is 30.0 Å². The number of aliphatic imine (C=N–C) groups is 1. The standard InChI is InChI=1S/C24H31N7O.HI/c1-25-24(28-16-19-9-10-27-23(15-19)31-14-11-26-18-31)29-17-22(30-12-3-4-13-30)20-5-7-21(32-2)8-6-20;/h5-11,14-15,18,22H,3-4,12-13,16-17H2,1-2H3,(H2,25,28,29);1H. The molecule has 1 aromatic carbocycles. The van der Waals surface area contributed by atoms with Crippen molar-refractivity contribution in [2.45, 2.75) is 25.4 Å². The van der Waals surface area contributed by atoms with Crippen LogP contribution < -0.4 is 15.4 Å². The van der Waals surface area contributed by atoms with E-state index in [0.29, 0.717) is 6.54 Å². The van der Waals surface area contributed by atoms with Gasteiger partial charge in [0.25, 0.3) is 0 Å². The van der Waals surface area contributed by atoms with Crippen LogP contribution in [0.15, 0.2) is 66.3 Å². The molecule has 1 unspecified atom stereocenters. The van der Waals surface area contributed by atoms with Crippen molar-refractivity contribution < 1.29 is 4.74 Å². The normalized spacial score (nSPS) is 15.0. The number of imidazole rings is 1. The van der Waals surface area contributed by atoms with Gasteiger partial charge in [0.15, 0.2) is 5.96 Å². The van der Waals surface area contributed by atoms with E-state index in [0.717, 1.165) is 42.7 Å². The maximum atomic E-state index is 5.33. The van der Waals surface area contributed by atoms with Crippen molar-refractivity contribution in [2.24, 2.45) is 4.99 Å². The number of halogens is 1. The molecule has 3 aromatic rings. The fourth-order valence-electron chi connectivity index (χ4n) is 4.04. The lowest BCUT2D eigenvalue weighted by Gasteiger charge is -2.29. The first kappa shape index (κ1) is 25.0. The molecule has 9 heteroatoms.